The molecule has 0 spiro atoms. The maximum absolute atomic E-state index is 11.9. The Morgan fingerprint density at radius 1 is 1.41 bits per heavy atom. The summed E-state index contributed by atoms with van der Waals surface area (Å²) in [5, 5.41) is 3.11. The molecule has 3 N–H and O–H groups in total. The fraction of sp³-hybridized carbons (Fsp3) is 0.929. The van der Waals surface area contributed by atoms with E-state index in [1.54, 1.807) is 0 Å². The normalized spacial score (nSPS) is 24.1. The minimum atomic E-state index is -0.352. The molecule has 0 heterocycles. The first-order chi connectivity index (χ1) is 7.85. The third kappa shape index (κ3) is 4.30. The van der Waals surface area contributed by atoms with Crippen LogP contribution in [0.2, 0.25) is 0 Å². The highest BCUT2D eigenvalue weighted by atomic mass is 16.2. The summed E-state index contributed by atoms with van der Waals surface area (Å²) in [6.07, 6.45) is 5.51. The van der Waals surface area contributed by atoms with Crippen LogP contribution in [0, 0.1) is 11.3 Å². The Morgan fingerprint density at radius 2 is 1.94 bits per heavy atom. The Bertz CT molecular complexity index is 253. The Kier molecular flexibility index (Phi) is 4.99. The van der Waals surface area contributed by atoms with Crippen LogP contribution >= 0.6 is 0 Å². The number of hydrogen-bond acceptors (Lipinski definition) is 2. The van der Waals surface area contributed by atoms with Crippen LogP contribution in [0.15, 0.2) is 0 Å². The number of nitrogens with one attached hydrogen (secondary N) is 1. The molecule has 3 heteroatoms. The molecule has 3 nitrogen and oxygen atoms in total. The highest BCUT2D eigenvalue weighted by Gasteiger charge is 2.29. The van der Waals surface area contributed by atoms with Gasteiger partial charge in [0, 0.05) is 6.04 Å². The molecule has 1 aliphatic carbocycles. The minimum absolute atomic E-state index is 0.0315. The molecule has 1 aliphatic rings. The summed E-state index contributed by atoms with van der Waals surface area (Å²) < 4.78 is 0. The second-order valence-corrected chi connectivity index (χ2v) is 6.36. The molecule has 1 saturated carbocycles. The van der Waals surface area contributed by atoms with E-state index in [1.165, 1.54) is 12.8 Å². The number of carbonyl (C=O) groups is 1. The number of amides is 1. The van der Waals surface area contributed by atoms with Crippen LogP contribution in [-0.2, 0) is 4.79 Å². The first-order valence-electron chi connectivity index (χ1n) is 6.91. The summed E-state index contributed by atoms with van der Waals surface area (Å²) in [7, 11) is 0. The van der Waals surface area contributed by atoms with Gasteiger partial charge < -0.3 is 11.1 Å². The maximum atomic E-state index is 11.9. The lowest BCUT2D eigenvalue weighted by atomic mass is 9.75. The number of hydrogen-bond donors (Lipinski definition) is 2. The van der Waals surface area contributed by atoms with Crippen LogP contribution in [0.25, 0.3) is 0 Å². The van der Waals surface area contributed by atoms with E-state index in [-0.39, 0.29) is 17.9 Å². The van der Waals surface area contributed by atoms with Crippen molar-refractivity contribution in [3.05, 3.63) is 0 Å². The summed E-state index contributed by atoms with van der Waals surface area (Å²) in [4.78, 5) is 11.9. The molecule has 1 fully saturated rings. The molecule has 0 saturated heterocycles. The molecule has 0 aromatic rings. The third-order valence-electron chi connectivity index (χ3n) is 4.25. The molecule has 100 valence electrons. The molecule has 0 aromatic heterocycles. The summed E-state index contributed by atoms with van der Waals surface area (Å²) in [5.41, 5.74) is 6.37. The molecule has 0 aliphatic heterocycles. The van der Waals surface area contributed by atoms with Crippen LogP contribution in [-0.4, -0.2) is 18.0 Å². The fourth-order valence-electron chi connectivity index (χ4n) is 2.35. The smallest absolute Gasteiger partial charge is 0.237 e. The largest absolute Gasteiger partial charge is 0.352 e. The van der Waals surface area contributed by atoms with E-state index in [4.69, 9.17) is 5.73 Å². The predicted molar refractivity (Wildman–Crippen MR) is 71.6 cm³/mol. The quantitative estimate of drug-likeness (QED) is 0.793. The fourth-order valence-corrected chi connectivity index (χ4v) is 2.35. The van der Waals surface area contributed by atoms with E-state index >= 15 is 0 Å². The first-order valence-corrected chi connectivity index (χ1v) is 6.91. The van der Waals surface area contributed by atoms with Gasteiger partial charge in [0.05, 0.1) is 6.04 Å². The standard InChI is InChI=1S/C14H28N2O/c1-5-10(2)12(15)13(17)16-11-6-8-14(3,4)9-7-11/h10-12H,5-9,15H2,1-4H3,(H,16,17)/t10?,12-/m0/s1. The van der Waals surface area contributed by atoms with Crippen LogP contribution in [0.3, 0.4) is 0 Å². The lowest BCUT2D eigenvalue weighted by Crippen LogP contribution is -2.49. The van der Waals surface area contributed by atoms with Crippen LogP contribution < -0.4 is 11.1 Å². The Morgan fingerprint density at radius 3 is 2.41 bits per heavy atom. The van der Waals surface area contributed by atoms with Gasteiger partial charge in [-0.3, -0.25) is 4.79 Å². The van der Waals surface area contributed by atoms with Crippen molar-refractivity contribution in [2.45, 2.75) is 71.9 Å². The van der Waals surface area contributed by atoms with Gasteiger partial charge in [0.25, 0.3) is 0 Å². The highest BCUT2D eigenvalue weighted by molar-refractivity contribution is 5.82. The van der Waals surface area contributed by atoms with Crippen molar-refractivity contribution in [2.24, 2.45) is 17.1 Å². The zero-order valence-electron chi connectivity index (χ0n) is 11.8. The van der Waals surface area contributed by atoms with Crippen LogP contribution in [0.4, 0.5) is 0 Å². The van der Waals surface area contributed by atoms with Crippen LogP contribution in [0.1, 0.15) is 59.8 Å². The Labute approximate surface area is 106 Å². The number of nitrogens with two attached hydrogens (primary N) is 1. The summed E-state index contributed by atoms with van der Waals surface area (Å²) in [6, 6.07) is -0.0134. The van der Waals surface area contributed by atoms with Gasteiger partial charge in [-0.25, -0.2) is 0 Å². The molecule has 0 radical (unpaired) electrons. The van der Waals surface area contributed by atoms with Gasteiger partial charge in [0.15, 0.2) is 0 Å². The van der Waals surface area contributed by atoms with Crippen molar-refractivity contribution in [1.29, 1.82) is 0 Å². The van der Waals surface area contributed by atoms with Gasteiger partial charge in [-0.2, -0.15) is 0 Å². The lowest BCUT2D eigenvalue weighted by molar-refractivity contribution is -0.124. The average molecular weight is 240 g/mol. The predicted octanol–water partition coefficient (Wildman–Crippen LogP) is 2.44. The van der Waals surface area contributed by atoms with Crippen molar-refractivity contribution >= 4 is 5.91 Å². The van der Waals surface area contributed by atoms with Gasteiger partial charge in [-0.1, -0.05) is 34.1 Å². The van der Waals surface area contributed by atoms with E-state index in [0.29, 0.717) is 11.5 Å². The maximum Gasteiger partial charge on any atom is 0.237 e. The van der Waals surface area contributed by atoms with Gasteiger partial charge >= 0.3 is 0 Å². The molecule has 1 rings (SSSR count). The van der Waals surface area contributed by atoms with Gasteiger partial charge in [-0.05, 0) is 37.0 Å². The zero-order valence-corrected chi connectivity index (χ0v) is 11.8. The van der Waals surface area contributed by atoms with E-state index in [1.807, 2.05) is 6.92 Å². The van der Waals surface area contributed by atoms with Gasteiger partial charge in [0.1, 0.15) is 0 Å². The highest BCUT2D eigenvalue weighted by Crippen LogP contribution is 2.34. The van der Waals surface area contributed by atoms with Crippen molar-refractivity contribution in [2.75, 3.05) is 0 Å². The van der Waals surface area contributed by atoms with Crippen LogP contribution in [0.5, 0.6) is 0 Å². The van der Waals surface area contributed by atoms with Crippen molar-refractivity contribution < 1.29 is 4.79 Å². The molecular weight excluding hydrogens is 212 g/mol. The van der Waals surface area contributed by atoms with E-state index in [2.05, 4.69) is 26.1 Å². The molecule has 17 heavy (non-hydrogen) atoms. The lowest BCUT2D eigenvalue weighted by Gasteiger charge is -2.35. The Hall–Kier alpha value is -0.570. The van der Waals surface area contributed by atoms with Crippen molar-refractivity contribution in [1.82, 2.24) is 5.32 Å². The van der Waals surface area contributed by atoms with E-state index in [0.717, 1.165) is 19.3 Å². The van der Waals surface area contributed by atoms with Crippen molar-refractivity contribution in [3.63, 3.8) is 0 Å². The molecule has 0 bridgehead atoms. The third-order valence-corrected chi connectivity index (χ3v) is 4.25. The summed E-state index contributed by atoms with van der Waals surface area (Å²) in [5.74, 6) is 0.291. The molecule has 1 amide bonds. The molecule has 2 atom stereocenters. The van der Waals surface area contributed by atoms with E-state index in [9.17, 15) is 4.79 Å². The number of carbonyl (C=O) groups excluding carboxylic acids is 1. The molecule has 0 aromatic carbocycles. The second kappa shape index (κ2) is 5.85. The van der Waals surface area contributed by atoms with Crippen molar-refractivity contribution in [3.8, 4) is 0 Å². The molecular formula is C14H28N2O. The Balaban J connectivity index is 2.38. The van der Waals surface area contributed by atoms with Gasteiger partial charge in [0.2, 0.25) is 5.91 Å². The van der Waals surface area contributed by atoms with Gasteiger partial charge in [-0.15, -0.1) is 0 Å². The average Bonchev–Trinajstić information content (AvgIpc) is 2.29. The summed E-state index contributed by atoms with van der Waals surface area (Å²) in [6.45, 7) is 8.71. The SMILES string of the molecule is CCC(C)[C@H](N)C(=O)NC1CCC(C)(C)CC1. The zero-order chi connectivity index (χ0) is 13.1. The first kappa shape index (κ1) is 14.5. The number of rotatable bonds is 4. The monoisotopic (exact) mass is 240 g/mol. The topological polar surface area (TPSA) is 55.1 Å². The van der Waals surface area contributed by atoms with E-state index < -0.39 is 0 Å². The molecule has 1 unspecified atom stereocenters. The second-order valence-electron chi connectivity index (χ2n) is 6.36. The summed E-state index contributed by atoms with van der Waals surface area (Å²) >= 11 is 0. The minimum Gasteiger partial charge on any atom is -0.352 e.